The lowest BCUT2D eigenvalue weighted by molar-refractivity contribution is -0.137. The number of carboxylic acids is 1. The minimum Gasteiger partial charge on any atom is -0.481 e. The maximum absolute atomic E-state index is 11.6. The van der Waals surface area contributed by atoms with E-state index in [2.05, 4.69) is 10.6 Å². The van der Waals surface area contributed by atoms with Gasteiger partial charge in [-0.05, 0) is 30.3 Å². The van der Waals surface area contributed by atoms with Crippen molar-refractivity contribution in [2.45, 2.75) is 38.6 Å². The summed E-state index contributed by atoms with van der Waals surface area (Å²) in [5.74, 6) is 1.96. The van der Waals surface area contributed by atoms with E-state index in [0.717, 1.165) is 18.6 Å². The van der Waals surface area contributed by atoms with Crippen LogP contribution in [0, 0.1) is 5.92 Å². The van der Waals surface area contributed by atoms with Gasteiger partial charge in [-0.1, -0.05) is 13.3 Å². The van der Waals surface area contributed by atoms with Gasteiger partial charge in [-0.3, -0.25) is 4.79 Å². The highest BCUT2D eigenvalue weighted by atomic mass is 32.2. The monoisotopic (exact) mass is 274 g/mol. The van der Waals surface area contributed by atoms with Gasteiger partial charge in [0.15, 0.2) is 0 Å². The van der Waals surface area contributed by atoms with Crippen LogP contribution < -0.4 is 10.6 Å². The Morgan fingerprint density at radius 1 is 1.50 bits per heavy atom. The Hall–Kier alpha value is -0.910. The molecule has 1 heterocycles. The third-order valence-electron chi connectivity index (χ3n) is 2.97. The van der Waals surface area contributed by atoms with Crippen LogP contribution in [0.3, 0.4) is 0 Å². The van der Waals surface area contributed by atoms with E-state index in [-0.39, 0.29) is 18.5 Å². The second kappa shape index (κ2) is 8.24. The summed E-state index contributed by atoms with van der Waals surface area (Å²) < 4.78 is 0. The summed E-state index contributed by atoms with van der Waals surface area (Å²) >= 11 is 1.91. The molecular weight excluding hydrogens is 252 g/mol. The van der Waals surface area contributed by atoms with Gasteiger partial charge in [0.1, 0.15) is 0 Å². The van der Waals surface area contributed by atoms with Gasteiger partial charge >= 0.3 is 12.0 Å². The number of aliphatic carboxylic acids is 1. The van der Waals surface area contributed by atoms with Crippen LogP contribution in [0.25, 0.3) is 0 Å². The van der Waals surface area contributed by atoms with Crippen molar-refractivity contribution in [2.24, 2.45) is 5.92 Å². The van der Waals surface area contributed by atoms with Gasteiger partial charge in [-0.2, -0.15) is 11.8 Å². The average Bonchev–Trinajstić information content (AvgIpc) is 2.78. The molecule has 0 spiro atoms. The highest BCUT2D eigenvalue weighted by Gasteiger charge is 2.18. The summed E-state index contributed by atoms with van der Waals surface area (Å²) in [7, 11) is 0. The minimum absolute atomic E-state index is 0.0134. The molecule has 1 aliphatic heterocycles. The Bertz CT molecular complexity index is 280. The number of amides is 2. The van der Waals surface area contributed by atoms with Crippen LogP contribution >= 0.6 is 11.8 Å². The van der Waals surface area contributed by atoms with Crippen molar-refractivity contribution in [3.05, 3.63) is 0 Å². The quantitative estimate of drug-likeness (QED) is 0.660. The molecule has 1 fully saturated rings. The fraction of sp³-hybridized carbons (Fsp3) is 0.833. The zero-order chi connectivity index (χ0) is 13.4. The Kier molecular flexibility index (Phi) is 6.93. The van der Waals surface area contributed by atoms with Crippen LogP contribution in [0.15, 0.2) is 0 Å². The fourth-order valence-electron chi connectivity index (χ4n) is 2.00. The van der Waals surface area contributed by atoms with Gasteiger partial charge < -0.3 is 15.7 Å². The number of carbonyl (C=O) groups excluding carboxylic acids is 1. The smallest absolute Gasteiger partial charge is 0.315 e. The third kappa shape index (κ3) is 6.14. The number of nitrogens with one attached hydrogen (secondary N) is 2. The SMILES string of the molecule is CCCC(CC(=O)O)NC(=O)NCC1CCSC1. The second-order valence-electron chi connectivity index (χ2n) is 4.67. The summed E-state index contributed by atoms with van der Waals surface area (Å²) in [6, 6.07) is -0.517. The molecule has 0 radical (unpaired) electrons. The maximum atomic E-state index is 11.6. The van der Waals surface area contributed by atoms with Crippen LogP contribution in [0.2, 0.25) is 0 Å². The lowest BCUT2D eigenvalue weighted by Crippen LogP contribution is -2.44. The Labute approximate surface area is 112 Å². The van der Waals surface area contributed by atoms with E-state index in [4.69, 9.17) is 5.11 Å². The molecular formula is C12H22N2O3S. The standard InChI is InChI=1S/C12H22N2O3S/c1-2-3-10(6-11(15)16)14-12(17)13-7-9-4-5-18-8-9/h9-10H,2-8H2,1H3,(H,15,16)(H2,13,14,17). The summed E-state index contributed by atoms with van der Waals surface area (Å²) in [4.78, 5) is 22.3. The summed E-state index contributed by atoms with van der Waals surface area (Å²) in [6.45, 7) is 2.66. The molecule has 0 bridgehead atoms. The van der Waals surface area contributed by atoms with Crippen molar-refractivity contribution in [1.82, 2.24) is 10.6 Å². The van der Waals surface area contributed by atoms with E-state index in [0.29, 0.717) is 18.9 Å². The second-order valence-corrected chi connectivity index (χ2v) is 5.82. The Morgan fingerprint density at radius 3 is 2.83 bits per heavy atom. The first kappa shape index (κ1) is 15.1. The number of rotatable bonds is 7. The first-order valence-electron chi connectivity index (χ1n) is 6.45. The predicted molar refractivity (Wildman–Crippen MR) is 72.9 cm³/mol. The predicted octanol–water partition coefficient (Wildman–Crippen LogP) is 1.68. The Balaban J connectivity index is 2.24. The van der Waals surface area contributed by atoms with E-state index in [1.54, 1.807) is 0 Å². The first-order valence-corrected chi connectivity index (χ1v) is 7.61. The highest BCUT2D eigenvalue weighted by Crippen LogP contribution is 2.22. The molecule has 2 amide bonds. The Morgan fingerprint density at radius 2 is 2.28 bits per heavy atom. The molecule has 1 rings (SSSR count). The van der Waals surface area contributed by atoms with E-state index in [1.165, 1.54) is 5.75 Å². The van der Waals surface area contributed by atoms with Crippen LogP contribution in [-0.4, -0.2) is 41.2 Å². The molecule has 5 nitrogen and oxygen atoms in total. The largest absolute Gasteiger partial charge is 0.481 e. The van der Waals surface area contributed by atoms with Gasteiger partial charge in [0.05, 0.1) is 6.42 Å². The molecule has 6 heteroatoms. The minimum atomic E-state index is -0.874. The molecule has 104 valence electrons. The fourth-order valence-corrected chi connectivity index (χ4v) is 3.29. The van der Waals surface area contributed by atoms with Gasteiger partial charge in [-0.15, -0.1) is 0 Å². The molecule has 18 heavy (non-hydrogen) atoms. The van der Waals surface area contributed by atoms with Gasteiger partial charge in [0, 0.05) is 12.6 Å². The van der Waals surface area contributed by atoms with E-state index in [9.17, 15) is 9.59 Å². The van der Waals surface area contributed by atoms with Crippen molar-refractivity contribution < 1.29 is 14.7 Å². The zero-order valence-electron chi connectivity index (χ0n) is 10.8. The first-order chi connectivity index (χ1) is 8.61. The van der Waals surface area contributed by atoms with Crippen molar-refractivity contribution in [1.29, 1.82) is 0 Å². The van der Waals surface area contributed by atoms with Gasteiger partial charge in [0.2, 0.25) is 0 Å². The molecule has 1 saturated heterocycles. The van der Waals surface area contributed by atoms with Crippen molar-refractivity contribution >= 4 is 23.8 Å². The van der Waals surface area contributed by atoms with Crippen LogP contribution in [0.1, 0.15) is 32.6 Å². The normalized spacial score (nSPS) is 20.4. The topological polar surface area (TPSA) is 78.4 Å². The van der Waals surface area contributed by atoms with E-state index in [1.807, 2.05) is 18.7 Å². The maximum Gasteiger partial charge on any atom is 0.315 e. The van der Waals surface area contributed by atoms with E-state index >= 15 is 0 Å². The number of thioether (sulfide) groups is 1. The molecule has 2 unspecified atom stereocenters. The molecule has 1 aliphatic rings. The lowest BCUT2D eigenvalue weighted by Gasteiger charge is -2.17. The van der Waals surface area contributed by atoms with Crippen molar-refractivity contribution in [3.63, 3.8) is 0 Å². The summed E-state index contributed by atoms with van der Waals surface area (Å²) in [6.07, 6.45) is 2.69. The van der Waals surface area contributed by atoms with Gasteiger partial charge in [-0.25, -0.2) is 4.79 Å². The lowest BCUT2D eigenvalue weighted by atomic mass is 10.1. The van der Waals surface area contributed by atoms with Crippen LogP contribution in [-0.2, 0) is 4.79 Å². The highest BCUT2D eigenvalue weighted by molar-refractivity contribution is 7.99. The van der Waals surface area contributed by atoms with Gasteiger partial charge in [0.25, 0.3) is 0 Å². The number of urea groups is 1. The number of hydrogen-bond donors (Lipinski definition) is 3. The third-order valence-corrected chi connectivity index (χ3v) is 4.20. The summed E-state index contributed by atoms with van der Waals surface area (Å²) in [5.41, 5.74) is 0. The average molecular weight is 274 g/mol. The molecule has 0 aromatic carbocycles. The molecule has 2 atom stereocenters. The van der Waals surface area contributed by atoms with E-state index < -0.39 is 5.97 Å². The zero-order valence-corrected chi connectivity index (χ0v) is 11.6. The molecule has 0 aliphatic carbocycles. The number of carboxylic acid groups (broad SMARTS) is 1. The molecule has 3 N–H and O–H groups in total. The van der Waals surface area contributed by atoms with Crippen molar-refractivity contribution in [2.75, 3.05) is 18.1 Å². The molecule has 0 aromatic heterocycles. The molecule has 0 saturated carbocycles. The van der Waals surface area contributed by atoms with Crippen molar-refractivity contribution in [3.8, 4) is 0 Å². The number of carbonyl (C=O) groups is 2. The van der Waals surface area contributed by atoms with Crippen LogP contribution in [0.4, 0.5) is 4.79 Å². The van der Waals surface area contributed by atoms with Crippen LogP contribution in [0.5, 0.6) is 0 Å². The molecule has 0 aromatic rings. The number of hydrogen-bond acceptors (Lipinski definition) is 3. The summed E-state index contributed by atoms with van der Waals surface area (Å²) in [5, 5.41) is 14.3.